The molecule has 0 fully saturated rings. The molecule has 0 saturated heterocycles. The van der Waals surface area contributed by atoms with Crippen molar-refractivity contribution >= 4 is 36.3 Å². The molecule has 0 radical (unpaired) electrons. The van der Waals surface area contributed by atoms with Crippen LogP contribution >= 0.6 is 24.2 Å². The van der Waals surface area contributed by atoms with Crippen LogP contribution in [0.5, 0.6) is 0 Å². The minimum atomic E-state index is -0.0475. The molecular weight excluding hydrogens is 410 g/mol. The summed E-state index contributed by atoms with van der Waals surface area (Å²) >= 11 is 9.66. The molecule has 29 heavy (non-hydrogen) atoms. The van der Waals surface area contributed by atoms with Crippen LogP contribution in [0.4, 0.5) is 5.69 Å². The normalized spacial score (nSPS) is 13.6. The summed E-state index contributed by atoms with van der Waals surface area (Å²) in [7, 11) is 0. The van der Waals surface area contributed by atoms with Gasteiger partial charge >= 0.3 is 0 Å². The highest BCUT2D eigenvalue weighted by molar-refractivity contribution is 7.86. The van der Waals surface area contributed by atoms with E-state index in [4.69, 9.17) is 16.4 Å². The van der Waals surface area contributed by atoms with Crippen LogP contribution in [0.1, 0.15) is 12.0 Å². The molecule has 7 nitrogen and oxygen atoms in total. The number of nitrogens with two attached hydrogens (primary N) is 1. The monoisotopic (exact) mass is 431 g/mol. The molecule has 9 heteroatoms. The molecule has 1 aromatic carbocycles. The van der Waals surface area contributed by atoms with Gasteiger partial charge in [0.25, 0.3) is 5.56 Å². The fourth-order valence-electron chi connectivity index (χ4n) is 2.62. The molecule has 1 aliphatic rings. The second-order valence-electron chi connectivity index (χ2n) is 5.90. The van der Waals surface area contributed by atoms with Gasteiger partial charge in [-0.15, -0.1) is 18.2 Å². The van der Waals surface area contributed by atoms with Gasteiger partial charge in [-0.2, -0.15) is 0 Å². The number of primary amides is 1. The number of halogens is 1. The third kappa shape index (κ3) is 6.56. The number of pyridine rings is 1. The maximum Gasteiger partial charge on any atom is 0.255 e. The minimum absolute atomic E-state index is 0.0475. The van der Waals surface area contributed by atoms with Crippen molar-refractivity contribution in [2.75, 3.05) is 5.01 Å². The predicted molar refractivity (Wildman–Crippen MR) is 121 cm³/mol. The van der Waals surface area contributed by atoms with Gasteiger partial charge in [0, 0.05) is 30.6 Å². The number of nitrogens with one attached hydrogen (secondary N) is 2. The summed E-state index contributed by atoms with van der Waals surface area (Å²) in [6.45, 7) is 1.99. The Labute approximate surface area is 179 Å². The Hall–Kier alpha value is -2.94. The number of nitrogens with zero attached hydrogens (tertiary/aromatic N) is 2. The molecule has 0 atom stereocenters. The summed E-state index contributed by atoms with van der Waals surface area (Å²) in [5.41, 5.74) is 14.2. The second kappa shape index (κ2) is 11.2. The lowest BCUT2D eigenvalue weighted by atomic mass is 10.1. The first-order valence-electron chi connectivity index (χ1n) is 8.63. The van der Waals surface area contributed by atoms with Gasteiger partial charge < -0.3 is 11.2 Å². The van der Waals surface area contributed by atoms with E-state index >= 15 is 0 Å². The molecule has 0 spiro atoms. The Morgan fingerprint density at radius 1 is 1.31 bits per heavy atom. The Kier molecular flexibility index (Phi) is 8.60. The first-order chi connectivity index (χ1) is 14.0. The number of rotatable bonds is 5. The van der Waals surface area contributed by atoms with Crippen molar-refractivity contribution in [3.05, 3.63) is 93.0 Å². The Morgan fingerprint density at radius 2 is 2.07 bits per heavy atom. The number of amides is 1. The van der Waals surface area contributed by atoms with Crippen molar-refractivity contribution in [1.29, 1.82) is 0 Å². The van der Waals surface area contributed by atoms with E-state index in [1.165, 1.54) is 0 Å². The molecule has 0 bridgehead atoms. The van der Waals surface area contributed by atoms with Gasteiger partial charge in [-0.1, -0.05) is 29.8 Å². The molecular formula is C20H22ClN5O2S. The first kappa shape index (κ1) is 22.4. The highest BCUT2D eigenvalue weighted by Crippen LogP contribution is 2.22. The number of anilines is 1. The molecule has 4 N–H and O–H groups in total. The van der Waals surface area contributed by atoms with E-state index in [9.17, 15) is 4.79 Å². The average molecular weight is 432 g/mol. The maximum atomic E-state index is 12.0. The number of allylic oxidation sites excluding steroid dienone is 3. The lowest BCUT2D eigenvalue weighted by Crippen LogP contribution is -2.36. The lowest BCUT2D eigenvalue weighted by Gasteiger charge is -2.17. The Balaban J connectivity index is 0.000000941. The Morgan fingerprint density at radius 3 is 2.72 bits per heavy atom. The summed E-state index contributed by atoms with van der Waals surface area (Å²) in [4.78, 5) is 20.6. The molecule has 1 aliphatic heterocycles. The van der Waals surface area contributed by atoms with Gasteiger partial charge in [-0.05, 0) is 42.8 Å². The number of hydrogen-bond donors (Lipinski definition) is 4. The number of carbonyl (C=O) groups is 1. The zero-order valence-electron chi connectivity index (χ0n) is 15.7. The zero-order chi connectivity index (χ0) is 21.2. The summed E-state index contributed by atoms with van der Waals surface area (Å²) in [5.74, 6) is 0. The number of aromatic nitrogens is 1. The van der Waals surface area contributed by atoms with E-state index in [0.717, 1.165) is 29.1 Å². The third-order valence-electron chi connectivity index (χ3n) is 3.87. The van der Waals surface area contributed by atoms with Gasteiger partial charge in [0.05, 0.1) is 15.7 Å². The summed E-state index contributed by atoms with van der Waals surface area (Å²) in [6, 6.07) is 11.1. The molecule has 0 aliphatic carbocycles. The quantitative estimate of drug-likeness (QED) is 0.332. The van der Waals surface area contributed by atoms with Crippen LogP contribution in [0.25, 0.3) is 5.69 Å². The highest BCUT2D eigenvalue weighted by Gasteiger charge is 2.13. The summed E-state index contributed by atoms with van der Waals surface area (Å²) < 4.78 is 2.09. The molecule has 0 saturated carbocycles. The Bertz CT molecular complexity index is 996. The largest absolute Gasteiger partial charge is 0.372 e. The van der Waals surface area contributed by atoms with Crippen LogP contribution in [-0.2, 0) is 4.79 Å². The van der Waals surface area contributed by atoms with Crippen LogP contribution in [0.15, 0.2) is 81.9 Å². The molecule has 152 valence electrons. The molecule has 0 unspecified atom stereocenters. The van der Waals surface area contributed by atoms with Gasteiger partial charge in [-0.3, -0.25) is 19.2 Å². The van der Waals surface area contributed by atoms with Gasteiger partial charge in [0.2, 0.25) is 6.41 Å². The highest BCUT2D eigenvalue weighted by atomic mass is 35.5. The van der Waals surface area contributed by atoms with E-state index in [0.29, 0.717) is 4.36 Å². The van der Waals surface area contributed by atoms with Gasteiger partial charge in [0.1, 0.15) is 0 Å². The fraction of sp³-hybridized carbons (Fsp3) is 0.100. The van der Waals surface area contributed by atoms with Crippen LogP contribution in [0.2, 0.25) is 0 Å². The topological polar surface area (TPSA) is 92.4 Å². The standard InChI is InChI=1S/C19H19ClN4OS.CH3NO/c1-14-12-16(9-10-17(14)23-11-5-4-8-19(23)25)24-13-15(21-22-24)6-2-3-7-18(20)26;2-1-3/h2-5,7-13,21-22,26H,6H2,1H3;1H,(H2,2,3)/b3-2+,18-7-;. The van der Waals surface area contributed by atoms with E-state index < -0.39 is 0 Å². The molecule has 2 heterocycles. The second-order valence-corrected chi connectivity index (χ2v) is 7.05. The van der Waals surface area contributed by atoms with Crippen molar-refractivity contribution in [3.8, 4) is 5.69 Å². The third-order valence-corrected chi connectivity index (χ3v) is 4.15. The van der Waals surface area contributed by atoms with E-state index in [1.807, 2.05) is 54.6 Å². The number of aryl methyl sites for hydroxylation is 1. The van der Waals surface area contributed by atoms with Crippen molar-refractivity contribution in [3.63, 3.8) is 0 Å². The van der Waals surface area contributed by atoms with Crippen molar-refractivity contribution in [1.82, 2.24) is 15.5 Å². The van der Waals surface area contributed by atoms with E-state index in [1.54, 1.807) is 29.0 Å². The fourth-order valence-corrected chi connectivity index (χ4v) is 2.78. The average Bonchev–Trinajstić information content (AvgIpc) is 3.15. The molecule has 1 amide bonds. The maximum absolute atomic E-state index is 12.0. The first-order valence-corrected chi connectivity index (χ1v) is 9.45. The van der Waals surface area contributed by atoms with Crippen molar-refractivity contribution < 1.29 is 4.79 Å². The minimum Gasteiger partial charge on any atom is -0.372 e. The number of hydrogen-bond acceptors (Lipinski definition) is 6. The van der Waals surface area contributed by atoms with Crippen molar-refractivity contribution in [2.24, 2.45) is 5.73 Å². The number of carbonyl (C=O) groups excluding carboxylic acids is 1. The zero-order valence-corrected chi connectivity index (χ0v) is 17.4. The number of benzene rings is 1. The lowest BCUT2D eigenvalue weighted by molar-refractivity contribution is -0.106. The van der Waals surface area contributed by atoms with Crippen molar-refractivity contribution in [2.45, 2.75) is 13.3 Å². The van der Waals surface area contributed by atoms with Crippen LogP contribution < -0.4 is 27.3 Å². The smallest absolute Gasteiger partial charge is 0.255 e. The van der Waals surface area contributed by atoms with Gasteiger partial charge in [0.15, 0.2) is 0 Å². The predicted octanol–water partition coefficient (Wildman–Crippen LogP) is 2.87. The van der Waals surface area contributed by atoms with Crippen LogP contribution in [0.3, 0.4) is 0 Å². The van der Waals surface area contributed by atoms with Crippen LogP contribution in [-0.4, -0.2) is 11.0 Å². The summed E-state index contributed by atoms with van der Waals surface area (Å²) in [6.07, 6.45) is 10.3. The number of thiol groups is 1. The van der Waals surface area contributed by atoms with Gasteiger partial charge in [-0.25, -0.2) is 0 Å². The molecule has 3 rings (SSSR count). The summed E-state index contributed by atoms with van der Waals surface area (Å²) in [5, 5.41) is 1.90. The van der Waals surface area contributed by atoms with E-state index in [2.05, 4.69) is 29.3 Å². The van der Waals surface area contributed by atoms with E-state index in [-0.39, 0.29) is 12.0 Å². The van der Waals surface area contributed by atoms with Crippen LogP contribution in [0, 0.1) is 6.92 Å². The SMILES string of the molecule is Cc1cc(N2C=C(C/C=C/C=C(\S)Cl)NN2)ccc1-n1ccccc1=O.NC=O. The molecule has 1 aromatic heterocycles. The number of hydrazine groups is 2. The molecule has 2 aromatic rings.